The van der Waals surface area contributed by atoms with Crippen molar-refractivity contribution in [2.24, 2.45) is 0 Å². The van der Waals surface area contributed by atoms with Crippen LogP contribution in [0.1, 0.15) is 30.5 Å². The number of dihydropyridines is 1. The van der Waals surface area contributed by atoms with Crippen molar-refractivity contribution in [3.63, 3.8) is 0 Å². The van der Waals surface area contributed by atoms with Gasteiger partial charge >= 0.3 is 0 Å². The maximum atomic E-state index is 5.77. The molecule has 1 fully saturated rings. The monoisotopic (exact) mass is 232 g/mol. The zero-order valence-electron chi connectivity index (χ0n) is 9.65. The summed E-state index contributed by atoms with van der Waals surface area (Å²) in [6.45, 7) is 2.89. The first-order chi connectivity index (χ1) is 8.43. The van der Waals surface area contributed by atoms with Crippen LogP contribution >= 0.6 is 0 Å². The molecular formula is C12H16N4O. The summed E-state index contributed by atoms with van der Waals surface area (Å²) in [4.78, 5) is 0. The van der Waals surface area contributed by atoms with Crippen molar-refractivity contribution in [3.05, 3.63) is 30.1 Å². The van der Waals surface area contributed by atoms with Gasteiger partial charge in [0.2, 0.25) is 11.8 Å². The van der Waals surface area contributed by atoms with Crippen molar-refractivity contribution < 1.29 is 4.42 Å². The Morgan fingerprint density at radius 1 is 1.24 bits per heavy atom. The van der Waals surface area contributed by atoms with Crippen LogP contribution in [0.15, 0.2) is 22.8 Å². The highest BCUT2D eigenvalue weighted by atomic mass is 16.4. The van der Waals surface area contributed by atoms with Crippen LogP contribution in [0.3, 0.4) is 0 Å². The van der Waals surface area contributed by atoms with Crippen LogP contribution in [0.25, 0.3) is 5.57 Å². The van der Waals surface area contributed by atoms with Crippen molar-refractivity contribution in [1.82, 2.24) is 20.8 Å². The van der Waals surface area contributed by atoms with Crippen LogP contribution in [0, 0.1) is 0 Å². The number of aromatic nitrogens is 2. The Bertz CT molecular complexity index is 443. The summed E-state index contributed by atoms with van der Waals surface area (Å²) in [5, 5.41) is 14.7. The molecule has 2 N–H and O–H groups in total. The second-order valence-electron chi connectivity index (χ2n) is 4.37. The number of hydrogen-bond acceptors (Lipinski definition) is 5. The van der Waals surface area contributed by atoms with Gasteiger partial charge in [-0.1, -0.05) is 6.08 Å². The molecule has 0 aromatic carbocycles. The molecule has 2 aliphatic rings. The van der Waals surface area contributed by atoms with E-state index in [9.17, 15) is 0 Å². The van der Waals surface area contributed by atoms with E-state index in [0.29, 0.717) is 11.8 Å². The van der Waals surface area contributed by atoms with E-state index in [1.54, 1.807) is 0 Å². The molecule has 0 atom stereocenters. The molecular weight excluding hydrogens is 216 g/mol. The number of hydrogen-bond donors (Lipinski definition) is 2. The van der Waals surface area contributed by atoms with E-state index >= 15 is 0 Å². The number of allylic oxidation sites excluding steroid dienone is 2. The van der Waals surface area contributed by atoms with E-state index in [1.165, 1.54) is 0 Å². The molecule has 1 aromatic heterocycles. The van der Waals surface area contributed by atoms with Gasteiger partial charge in [-0.2, -0.15) is 0 Å². The molecule has 1 aromatic rings. The molecule has 0 unspecified atom stereocenters. The van der Waals surface area contributed by atoms with E-state index in [2.05, 4.69) is 26.9 Å². The van der Waals surface area contributed by atoms with Crippen molar-refractivity contribution in [2.45, 2.75) is 18.8 Å². The lowest BCUT2D eigenvalue weighted by molar-refractivity contribution is 0.371. The van der Waals surface area contributed by atoms with Crippen molar-refractivity contribution in [2.75, 3.05) is 19.6 Å². The SMILES string of the molecule is C1=CC(c2nnc(C3CCNCC3)o2)=CCN1. The Hall–Kier alpha value is -1.62. The molecule has 1 saturated heterocycles. The molecule has 5 heteroatoms. The summed E-state index contributed by atoms with van der Waals surface area (Å²) in [5.41, 5.74) is 1.01. The molecule has 0 spiro atoms. The summed E-state index contributed by atoms with van der Waals surface area (Å²) in [6.07, 6.45) is 8.09. The van der Waals surface area contributed by atoms with Gasteiger partial charge in [0.25, 0.3) is 0 Å². The minimum absolute atomic E-state index is 0.420. The number of nitrogens with zero attached hydrogens (tertiary/aromatic N) is 2. The summed E-state index contributed by atoms with van der Waals surface area (Å²) >= 11 is 0. The Morgan fingerprint density at radius 2 is 2.12 bits per heavy atom. The number of piperidine rings is 1. The first-order valence-electron chi connectivity index (χ1n) is 6.08. The van der Waals surface area contributed by atoms with E-state index in [0.717, 1.165) is 43.9 Å². The average molecular weight is 232 g/mol. The normalized spacial score (nSPS) is 21.1. The summed E-state index contributed by atoms with van der Waals surface area (Å²) in [7, 11) is 0. The number of nitrogens with one attached hydrogen (secondary N) is 2. The molecule has 0 amide bonds. The third kappa shape index (κ3) is 2.24. The predicted octanol–water partition coefficient (Wildman–Crippen LogP) is 1.04. The van der Waals surface area contributed by atoms with Gasteiger partial charge in [0.15, 0.2) is 0 Å². The maximum absolute atomic E-state index is 5.77. The zero-order valence-corrected chi connectivity index (χ0v) is 9.65. The molecule has 0 aliphatic carbocycles. The number of rotatable bonds is 2. The molecule has 0 bridgehead atoms. The summed E-state index contributed by atoms with van der Waals surface area (Å²) in [5.74, 6) is 1.84. The molecule has 2 aliphatic heterocycles. The minimum atomic E-state index is 0.420. The van der Waals surface area contributed by atoms with Gasteiger partial charge in [-0.25, -0.2) is 0 Å². The lowest BCUT2D eigenvalue weighted by atomic mass is 9.98. The van der Waals surface area contributed by atoms with E-state index in [-0.39, 0.29) is 0 Å². The fourth-order valence-corrected chi connectivity index (χ4v) is 2.20. The van der Waals surface area contributed by atoms with Crippen molar-refractivity contribution in [1.29, 1.82) is 0 Å². The van der Waals surface area contributed by atoms with E-state index in [1.807, 2.05) is 12.3 Å². The van der Waals surface area contributed by atoms with Crippen LogP contribution in [-0.2, 0) is 0 Å². The molecule has 3 rings (SSSR count). The maximum Gasteiger partial charge on any atom is 0.247 e. The van der Waals surface area contributed by atoms with Crippen LogP contribution < -0.4 is 10.6 Å². The van der Waals surface area contributed by atoms with Gasteiger partial charge < -0.3 is 15.1 Å². The third-order valence-electron chi connectivity index (χ3n) is 3.20. The molecule has 0 radical (unpaired) electrons. The van der Waals surface area contributed by atoms with Crippen molar-refractivity contribution in [3.8, 4) is 0 Å². The van der Waals surface area contributed by atoms with Crippen molar-refractivity contribution >= 4 is 5.57 Å². The highest BCUT2D eigenvalue weighted by Gasteiger charge is 2.21. The molecule has 0 saturated carbocycles. The van der Waals surface area contributed by atoms with Gasteiger partial charge in [0, 0.05) is 18.0 Å². The fraction of sp³-hybridized carbons (Fsp3) is 0.500. The van der Waals surface area contributed by atoms with Gasteiger partial charge in [-0.3, -0.25) is 0 Å². The quantitative estimate of drug-likeness (QED) is 0.797. The Balaban J connectivity index is 1.77. The second kappa shape index (κ2) is 4.71. The predicted molar refractivity (Wildman–Crippen MR) is 64.3 cm³/mol. The lowest BCUT2D eigenvalue weighted by Gasteiger charge is -2.18. The lowest BCUT2D eigenvalue weighted by Crippen LogP contribution is -2.26. The van der Waals surface area contributed by atoms with Crippen LogP contribution in [0.5, 0.6) is 0 Å². The molecule has 90 valence electrons. The van der Waals surface area contributed by atoms with E-state index in [4.69, 9.17) is 4.42 Å². The fourth-order valence-electron chi connectivity index (χ4n) is 2.20. The van der Waals surface area contributed by atoms with Crippen LogP contribution in [-0.4, -0.2) is 29.8 Å². The topological polar surface area (TPSA) is 63.0 Å². The van der Waals surface area contributed by atoms with Crippen LogP contribution in [0.2, 0.25) is 0 Å². The molecule has 5 nitrogen and oxygen atoms in total. The molecule has 3 heterocycles. The summed E-state index contributed by atoms with van der Waals surface area (Å²) in [6, 6.07) is 0. The van der Waals surface area contributed by atoms with Gasteiger partial charge in [-0.05, 0) is 38.2 Å². The smallest absolute Gasteiger partial charge is 0.247 e. The highest BCUT2D eigenvalue weighted by Crippen LogP contribution is 2.26. The Morgan fingerprint density at radius 3 is 2.88 bits per heavy atom. The van der Waals surface area contributed by atoms with Gasteiger partial charge in [-0.15, -0.1) is 10.2 Å². The standard InChI is InChI=1S/C12H16N4O/c1-5-13-6-2-9(1)11-15-16-12(17-11)10-3-7-14-8-4-10/h1-2,5,10,13-14H,3-4,6-8H2. The highest BCUT2D eigenvalue weighted by molar-refractivity contribution is 5.69. The summed E-state index contributed by atoms with van der Waals surface area (Å²) < 4.78 is 5.77. The van der Waals surface area contributed by atoms with E-state index < -0.39 is 0 Å². The second-order valence-corrected chi connectivity index (χ2v) is 4.37. The Kier molecular flexibility index (Phi) is 2.92. The third-order valence-corrected chi connectivity index (χ3v) is 3.20. The first kappa shape index (κ1) is 10.5. The van der Waals surface area contributed by atoms with Gasteiger partial charge in [0.05, 0.1) is 0 Å². The minimum Gasteiger partial charge on any atom is -0.420 e. The van der Waals surface area contributed by atoms with Crippen LogP contribution in [0.4, 0.5) is 0 Å². The first-order valence-corrected chi connectivity index (χ1v) is 6.08. The molecule has 17 heavy (non-hydrogen) atoms. The largest absolute Gasteiger partial charge is 0.420 e. The Labute approximate surface area is 100.0 Å². The average Bonchev–Trinajstić information content (AvgIpc) is 2.90. The zero-order chi connectivity index (χ0) is 11.5. The van der Waals surface area contributed by atoms with Gasteiger partial charge in [0.1, 0.15) is 0 Å².